The Hall–Kier alpha value is -2.81. The van der Waals surface area contributed by atoms with Crippen molar-refractivity contribution in [1.29, 1.82) is 0 Å². The van der Waals surface area contributed by atoms with Gasteiger partial charge in [0.1, 0.15) is 5.69 Å². The minimum Gasteiger partial charge on any atom is -0.465 e. The lowest BCUT2D eigenvalue weighted by Gasteiger charge is -2.28. The van der Waals surface area contributed by atoms with Crippen molar-refractivity contribution < 1.29 is 28.2 Å². The second kappa shape index (κ2) is 8.72. The van der Waals surface area contributed by atoms with Crippen LogP contribution < -0.4 is 10.2 Å². The zero-order valence-electron chi connectivity index (χ0n) is 14.5. The largest absolute Gasteiger partial charge is 0.465 e. The summed E-state index contributed by atoms with van der Waals surface area (Å²) in [6.45, 7) is 0.00479. The number of likely N-dealkylation sites (N-methyl/N-ethyl adjacent to an activating group) is 1. The number of amides is 1. The first-order valence-electron chi connectivity index (χ1n) is 8.12. The molecule has 0 spiro atoms. The Morgan fingerprint density at radius 1 is 1.22 bits per heavy atom. The normalized spacial score (nSPS) is 13.7. The van der Waals surface area contributed by atoms with E-state index >= 15 is 0 Å². The van der Waals surface area contributed by atoms with Crippen LogP contribution in [-0.2, 0) is 12.6 Å². The molecular formula is C18H20F3N3O3. The number of pyridine rings is 1. The summed E-state index contributed by atoms with van der Waals surface area (Å²) in [7, 11) is 1.58. The number of rotatable bonds is 7. The van der Waals surface area contributed by atoms with Gasteiger partial charge in [-0.3, -0.25) is 0 Å². The number of nitrogens with zero attached hydrogens (tertiary/aromatic N) is 2. The summed E-state index contributed by atoms with van der Waals surface area (Å²) in [6.07, 6.45) is -5.55. The van der Waals surface area contributed by atoms with Crippen molar-refractivity contribution in [1.82, 2.24) is 10.3 Å². The van der Waals surface area contributed by atoms with Gasteiger partial charge in [0.05, 0.1) is 24.0 Å². The van der Waals surface area contributed by atoms with Gasteiger partial charge in [-0.25, -0.2) is 9.78 Å². The van der Waals surface area contributed by atoms with E-state index in [1.807, 2.05) is 18.2 Å². The van der Waals surface area contributed by atoms with Crippen LogP contribution in [0.2, 0.25) is 0 Å². The first-order chi connectivity index (χ1) is 12.7. The van der Waals surface area contributed by atoms with Crippen molar-refractivity contribution in [2.75, 3.05) is 18.5 Å². The minimum atomic E-state index is -4.52. The van der Waals surface area contributed by atoms with E-state index in [0.717, 1.165) is 17.8 Å². The third-order valence-electron chi connectivity index (χ3n) is 4.01. The number of hydrogen-bond acceptors (Lipinski definition) is 4. The van der Waals surface area contributed by atoms with Gasteiger partial charge in [-0.15, -0.1) is 0 Å². The number of carbonyl (C=O) groups is 1. The third kappa shape index (κ3) is 6.14. The molecule has 0 saturated carbocycles. The molecule has 146 valence electrons. The molecule has 0 bridgehead atoms. The molecule has 3 N–H and O–H groups in total. The zero-order valence-corrected chi connectivity index (χ0v) is 14.5. The van der Waals surface area contributed by atoms with Crippen molar-refractivity contribution in [3.05, 3.63) is 59.9 Å². The van der Waals surface area contributed by atoms with Crippen molar-refractivity contribution in [3.8, 4) is 0 Å². The van der Waals surface area contributed by atoms with Crippen molar-refractivity contribution >= 4 is 11.8 Å². The van der Waals surface area contributed by atoms with E-state index in [9.17, 15) is 23.1 Å². The Morgan fingerprint density at radius 2 is 1.89 bits per heavy atom. The number of aromatic nitrogens is 1. The fourth-order valence-corrected chi connectivity index (χ4v) is 2.60. The van der Waals surface area contributed by atoms with Crippen LogP contribution in [0, 0.1) is 0 Å². The summed E-state index contributed by atoms with van der Waals surface area (Å²) in [6, 6.07) is 10.4. The maximum absolute atomic E-state index is 12.6. The summed E-state index contributed by atoms with van der Waals surface area (Å²) in [5, 5.41) is 21.8. The van der Waals surface area contributed by atoms with Gasteiger partial charge in [-0.1, -0.05) is 30.3 Å². The van der Waals surface area contributed by atoms with Crippen LogP contribution in [0.15, 0.2) is 48.7 Å². The molecule has 1 amide bonds. The Balaban J connectivity index is 2.06. The summed E-state index contributed by atoms with van der Waals surface area (Å²) in [5.41, 5.74) is 0.208. The monoisotopic (exact) mass is 383 g/mol. The van der Waals surface area contributed by atoms with Gasteiger partial charge in [-0.2, -0.15) is 13.2 Å². The minimum absolute atomic E-state index is 0.00479. The number of anilines is 1. The highest BCUT2D eigenvalue weighted by Crippen LogP contribution is 2.28. The molecular weight excluding hydrogens is 363 g/mol. The van der Waals surface area contributed by atoms with E-state index < -0.39 is 30.1 Å². The Morgan fingerprint density at radius 3 is 2.41 bits per heavy atom. The molecule has 0 fully saturated rings. The number of carboxylic acid groups (broad SMARTS) is 1. The number of nitrogens with one attached hydrogen (secondary N) is 1. The molecule has 2 atom stereocenters. The smallest absolute Gasteiger partial charge is 0.433 e. The van der Waals surface area contributed by atoms with E-state index in [1.165, 1.54) is 11.0 Å². The molecule has 1 aromatic carbocycles. The third-order valence-corrected chi connectivity index (χ3v) is 4.01. The van der Waals surface area contributed by atoms with E-state index in [1.54, 1.807) is 19.2 Å². The molecule has 9 heteroatoms. The molecule has 0 aliphatic heterocycles. The lowest BCUT2D eigenvalue weighted by molar-refractivity contribution is -0.141. The van der Waals surface area contributed by atoms with Crippen LogP contribution in [0.1, 0.15) is 11.3 Å². The molecule has 1 heterocycles. The molecule has 0 aliphatic rings. The van der Waals surface area contributed by atoms with Crippen LogP contribution in [0.3, 0.4) is 0 Å². The average molecular weight is 383 g/mol. The number of hydrogen-bond donors (Lipinski definition) is 3. The summed E-state index contributed by atoms with van der Waals surface area (Å²) < 4.78 is 37.8. The van der Waals surface area contributed by atoms with Gasteiger partial charge in [-0.05, 0) is 24.1 Å². The highest BCUT2D eigenvalue weighted by molar-refractivity contribution is 5.65. The van der Waals surface area contributed by atoms with Crippen molar-refractivity contribution in [2.45, 2.75) is 24.7 Å². The number of aliphatic hydroxyl groups is 1. The average Bonchev–Trinajstić information content (AvgIpc) is 2.61. The predicted octanol–water partition coefficient (Wildman–Crippen LogP) is 2.78. The molecule has 0 unspecified atom stereocenters. The number of aliphatic hydroxyl groups excluding tert-OH is 1. The van der Waals surface area contributed by atoms with Gasteiger partial charge in [0.15, 0.2) is 0 Å². The van der Waals surface area contributed by atoms with Crippen molar-refractivity contribution in [2.24, 2.45) is 0 Å². The van der Waals surface area contributed by atoms with E-state index in [0.29, 0.717) is 5.69 Å². The number of benzene rings is 1. The van der Waals surface area contributed by atoms with Gasteiger partial charge >= 0.3 is 12.3 Å². The SMILES string of the molecule is CN(C[C@@H](O)[C@H](Cc1ccccc1)NC(=O)O)c1ccc(C(F)(F)F)nc1. The second-order valence-corrected chi connectivity index (χ2v) is 6.09. The first kappa shape index (κ1) is 20.5. The molecule has 6 nitrogen and oxygen atoms in total. The molecule has 2 rings (SSSR count). The molecule has 2 aromatic rings. The molecule has 0 aliphatic carbocycles. The Kier molecular flexibility index (Phi) is 6.62. The number of alkyl halides is 3. The van der Waals surface area contributed by atoms with Crippen LogP contribution in [-0.4, -0.2) is 47.0 Å². The molecule has 0 saturated heterocycles. The van der Waals surface area contributed by atoms with Crippen LogP contribution in [0.25, 0.3) is 0 Å². The van der Waals surface area contributed by atoms with Crippen molar-refractivity contribution in [3.63, 3.8) is 0 Å². The van der Waals surface area contributed by atoms with Crippen LogP contribution >= 0.6 is 0 Å². The van der Waals surface area contributed by atoms with Gasteiger partial charge in [0, 0.05) is 13.6 Å². The topological polar surface area (TPSA) is 85.7 Å². The first-order valence-corrected chi connectivity index (χ1v) is 8.12. The summed E-state index contributed by atoms with van der Waals surface area (Å²) in [4.78, 5) is 15.9. The quantitative estimate of drug-likeness (QED) is 0.685. The van der Waals surface area contributed by atoms with E-state index in [4.69, 9.17) is 5.11 Å². The lowest BCUT2D eigenvalue weighted by Crippen LogP contribution is -2.48. The second-order valence-electron chi connectivity index (χ2n) is 6.09. The lowest BCUT2D eigenvalue weighted by atomic mass is 10.0. The number of halogens is 3. The van der Waals surface area contributed by atoms with Gasteiger partial charge in [0.25, 0.3) is 0 Å². The van der Waals surface area contributed by atoms with Gasteiger partial charge in [0.2, 0.25) is 0 Å². The Labute approximate surface area is 154 Å². The predicted molar refractivity (Wildman–Crippen MR) is 93.6 cm³/mol. The zero-order chi connectivity index (χ0) is 20.0. The molecule has 1 aromatic heterocycles. The fourth-order valence-electron chi connectivity index (χ4n) is 2.60. The van der Waals surface area contributed by atoms with E-state index in [2.05, 4.69) is 10.3 Å². The highest BCUT2D eigenvalue weighted by atomic mass is 19.4. The Bertz CT molecular complexity index is 739. The summed E-state index contributed by atoms with van der Waals surface area (Å²) in [5.74, 6) is 0. The maximum atomic E-state index is 12.6. The standard InChI is InChI=1S/C18H20F3N3O3/c1-24(13-7-8-16(22-10-13)18(19,20)21)11-15(25)14(23-17(26)27)9-12-5-3-2-4-6-12/h2-8,10,14-15,23,25H,9,11H2,1H3,(H,26,27)/t14-,15+/m0/s1. The highest BCUT2D eigenvalue weighted by Gasteiger charge is 2.32. The fraction of sp³-hybridized carbons (Fsp3) is 0.333. The molecule has 27 heavy (non-hydrogen) atoms. The summed E-state index contributed by atoms with van der Waals surface area (Å²) >= 11 is 0. The van der Waals surface area contributed by atoms with E-state index in [-0.39, 0.29) is 13.0 Å². The molecule has 0 radical (unpaired) electrons. The maximum Gasteiger partial charge on any atom is 0.433 e. The van der Waals surface area contributed by atoms with Crippen LogP contribution in [0.5, 0.6) is 0 Å². The van der Waals surface area contributed by atoms with Gasteiger partial charge < -0.3 is 20.4 Å². The van der Waals surface area contributed by atoms with Crippen LogP contribution in [0.4, 0.5) is 23.7 Å².